The Morgan fingerprint density at radius 2 is 2.25 bits per heavy atom. The monoisotopic (exact) mass is 274 g/mol. The molecule has 0 atom stereocenters. The molecule has 0 aliphatic heterocycles. The predicted molar refractivity (Wildman–Crippen MR) is 74.4 cm³/mol. The van der Waals surface area contributed by atoms with E-state index < -0.39 is 0 Å². The maximum absolute atomic E-state index is 11.6. The van der Waals surface area contributed by atoms with Crippen LogP contribution in [0.3, 0.4) is 0 Å². The minimum atomic E-state index is 0.0534. The summed E-state index contributed by atoms with van der Waals surface area (Å²) in [5.74, 6) is 0.845. The van der Waals surface area contributed by atoms with Crippen LogP contribution in [-0.4, -0.2) is 29.5 Å². The number of hydrogen-bond donors (Lipinski definition) is 2. The lowest BCUT2D eigenvalue weighted by atomic mass is 10.1. The molecule has 0 aromatic heterocycles. The van der Waals surface area contributed by atoms with E-state index in [1.54, 1.807) is 0 Å². The largest absolute Gasteiger partial charge is 0.493 e. The van der Waals surface area contributed by atoms with Crippen molar-refractivity contribution < 1.29 is 14.7 Å². The van der Waals surface area contributed by atoms with Crippen molar-refractivity contribution in [2.45, 2.75) is 38.1 Å². The minimum Gasteiger partial charge on any atom is -0.493 e. The third-order valence-electron chi connectivity index (χ3n) is 3.71. The second-order valence-electron chi connectivity index (χ2n) is 5.27. The number of carbonyl (C=O) groups excluding carboxylic acids is 1. The van der Waals surface area contributed by atoms with Crippen LogP contribution in [0.15, 0.2) is 23.4 Å². The van der Waals surface area contributed by atoms with Crippen molar-refractivity contribution in [1.82, 2.24) is 5.32 Å². The Kier molecular flexibility index (Phi) is 3.58. The van der Waals surface area contributed by atoms with Crippen molar-refractivity contribution in [2.24, 2.45) is 5.16 Å². The van der Waals surface area contributed by atoms with Gasteiger partial charge in [0, 0.05) is 17.2 Å². The molecule has 0 unspecified atom stereocenters. The standard InChI is InChI=1S/C15H18N2O3/c18-15(16-10-4-5-10)8-9-20-14-3-1-2-11-12(14)6-7-13(11)17-19/h1-3,10,19H,4-9H2,(H,16,18)/b17-13-. The Labute approximate surface area is 117 Å². The molecule has 0 bridgehead atoms. The van der Waals surface area contributed by atoms with Gasteiger partial charge in [-0.25, -0.2) is 0 Å². The van der Waals surface area contributed by atoms with Gasteiger partial charge in [0.25, 0.3) is 0 Å². The van der Waals surface area contributed by atoms with Gasteiger partial charge >= 0.3 is 0 Å². The fourth-order valence-electron chi connectivity index (χ4n) is 2.49. The van der Waals surface area contributed by atoms with Crippen LogP contribution >= 0.6 is 0 Å². The van der Waals surface area contributed by atoms with Crippen molar-refractivity contribution in [2.75, 3.05) is 6.61 Å². The molecule has 2 N–H and O–H groups in total. The zero-order chi connectivity index (χ0) is 13.9. The minimum absolute atomic E-state index is 0.0534. The van der Waals surface area contributed by atoms with Gasteiger partial charge in [-0.15, -0.1) is 0 Å². The molecule has 1 saturated carbocycles. The first kappa shape index (κ1) is 13.0. The van der Waals surface area contributed by atoms with Gasteiger partial charge in [0.1, 0.15) is 5.75 Å². The summed E-state index contributed by atoms with van der Waals surface area (Å²) in [6, 6.07) is 6.11. The van der Waals surface area contributed by atoms with E-state index in [-0.39, 0.29) is 5.91 Å². The maximum Gasteiger partial charge on any atom is 0.223 e. The zero-order valence-electron chi connectivity index (χ0n) is 11.3. The van der Waals surface area contributed by atoms with Gasteiger partial charge in [0.15, 0.2) is 0 Å². The maximum atomic E-state index is 11.6. The summed E-state index contributed by atoms with van der Waals surface area (Å²) in [5.41, 5.74) is 2.73. The fourth-order valence-corrected chi connectivity index (χ4v) is 2.49. The molecule has 3 rings (SSSR count). The summed E-state index contributed by atoms with van der Waals surface area (Å²) in [4.78, 5) is 11.6. The van der Waals surface area contributed by atoms with Crippen LogP contribution in [0.4, 0.5) is 0 Å². The van der Waals surface area contributed by atoms with Crippen molar-refractivity contribution >= 4 is 11.6 Å². The molecular weight excluding hydrogens is 256 g/mol. The number of benzene rings is 1. The first-order valence-corrected chi connectivity index (χ1v) is 7.03. The summed E-state index contributed by atoms with van der Waals surface area (Å²) in [6.45, 7) is 0.376. The molecule has 0 spiro atoms. The molecule has 0 saturated heterocycles. The second kappa shape index (κ2) is 5.53. The second-order valence-corrected chi connectivity index (χ2v) is 5.27. The van der Waals surface area contributed by atoms with E-state index in [9.17, 15) is 4.79 Å². The summed E-state index contributed by atoms with van der Waals surface area (Å²) in [5, 5.41) is 15.2. The third kappa shape index (κ3) is 2.76. The summed E-state index contributed by atoms with van der Waals surface area (Å²) in [6.07, 6.45) is 4.12. The van der Waals surface area contributed by atoms with Crippen LogP contribution in [0.1, 0.15) is 36.8 Å². The van der Waals surface area contributed by atoms with Crippen molar-refractivity contribution in [1.29, 1.82) is 0 Å². The van der Waals surface area contributed by atoms with Gasteiger partial charge in [0.2, 0.25) is 5.91 Å². The molecule has 2 aliphatic rings. The Morgan fingerprint density at radius 1 is 1.40 bits per heavy atom. The van der Waals surface area contributed by atoms with Crippen molar-refractivity contribution in [3.63, 3.8) is 0 Å². The van der Waals surface area contributed by atoms with Gasteiger partial charge in [-0.2, -0.15) is 0 Å². The van der Waals surface area contributed by atoms with Crippen LogP contribution in [0.5, 0.6) is 5.75 Å². The molecule has 0 heterocycles. The lowest BCUT2D eigenvalue weighted by molar-refractivity contribution is -0.121. The normalized spacial score (nSPS) is 18.9. The van der Waals surface area contributed by atoms with E-state index in [2.05, 4.69) is 10.5 Å². The summed E-state index contributed by atoms with van der Waals surface area (Å²) >= 11 is 0. The van der Waals surface area contributed by atoms with Gasteiger partial charge in [-0.05, 0) is 31.7 Å². The molecule has 2 aliphatic carbocycles. The highest BCUT2D eigenvalue weighted by atomic mass is 16.5. The summed E-state index contributed by atoms with van der Waals surface area (Å²) < 4.78 is 5.72. The van der Waals surface area contributed by atoms with E-state index >= 15 is 0 Å². The Hall–Kier alpha value is -2.04. The molecular formula is C15H18N2O3. The average Bonchev–Trinajstić information content (AvgIpc) is 3.15. The number of nitrogens with one attached hydrogen (secondary N) is 1. The number of oxime groups is 1. The first-order chi connectivity index (χ1) is 9.78. The highest BCUT2D eigenvalue weighted by molar-refractivity contribution is 6.04. The van der Waals surface area contributed by atoms with E-state index in [1.807, 2.05) is 18.2 Å². The topological polar surface area (TPSA) is 70.9 Å². The molecule has 20 heavy (non-hydrogen) atoms. The Morgan fingerprint density at radius 3 is 3.00 bits per heavy atom. The number of ether oxygens (including phenoxy) is 1. The van der Waals surface area contributed by atoms with E-state index in [0.717, 1.165) is 42.6 Å². The average molecular weight is 274 g/mol. The SMILES string of the molecule is O=C(CCOc1cccc2c1CC/C2=N/O)NC1CC1. The van der Waals surface area contributed by atoms with Gasteiger partial charge in [0.05, 0.1) is 18.7 Å². The summed E-state index contributed by atoms with van der Waals surface area (Å²) in [7, 11) is 0. The highest BCUT2D eigenvalue weighted by Crippen LogP contribution is 2.31. The van der Waals surface area contributed by atoms with Gasteiger partial charge in [-0.1, -0.05) is 17.3 Å². The molecule has 1 fully saturated rings. The molecule has 1 amide bonds. The quantitative estimate of drug-likeness (QED) is 0.636. The van der Waals surface area contributed by atoms with Gasteiger partial charge < -0.3 is 15.3 Å². The van der Waals surface area contributed by atoms with Crippen LogP contribution in [-0.2, 0) is 11.2 Å². The highest BCUT2D eigenvalue weighted by Gasteiger charge is 2.24. The van der Waals surface area contributed by atoms with Crippen molar-refractivity contribution in [3.05, 3.63) is 29.3 Å². The first-order valence-electron chi connectivity index (χ1n) is 7.03. The molecule has 1 aromatic rings. The smallest absolute Gasteiger partial charge is 0.223 e. The van der Waals surface area contributed by atoms with Crippen LogP contribution in [0.2, 0.25) is 0 Å². The number of amides is 1. The van der Waals surface area contributed by atoms with Crippen LogP contribution in [0.25, 0.3) is 0 Å². The number of hydrogen-bond acceptors (Lipinski definition) is 4. The van der Waals surface area contributed by atoms with Crippen LogP contribution < -0.4 is 10.1 Å². The molecule has 5 heteroatoms. The molecule has 5 nitrogen and oxygen atoms in total. The Balaban J connectivity index is 1.58. The fraction of sp³-hybridized carbons (Fsp3) is 0.467. The molecule has 1 aromatic carbocycles. The Bertz CT molecular complexity index is 550. The molecule has 0 radical (unpaired) electrons. The lowest BCUT2D eigenvalue weighted by Gasteiger charge is -2.10. The zero-order valence-corrected chi connectivity index (χ0v) is 11.3. The number of carbonyl (C=O) groups is 1. The molecule has 106 valence electrons. The van der Waals surface area contributed by atoms with E-state index in [0.29, 0.717) is 24.8 Å². The van der Waals surface area contributed by atoms with Crippen LogP contribution in [0, 0.1) is 0 Å². The number of rotatable bonds is 5. The van der Waals surface area contributed by atoms with Gasteiger partial charge in [-0.3, -0.25) is 4.79 Å². The van der Waals surface area contributed by atoms with E-state index in [1.165, 1.54) is 0 Å². The van der Waals surface area contributed by atoms with E-state index in [4.69, 9.17) is 9.94 Å². The van der Waals surface area contributed by atoms with Crippen molar-refractivity contribution in [3.8, 4) is 5.75 Å². The predicted octanol–water partition coefficient (Wildman–Crippen LogP) is 1.86. The number of fused-ring (bicyclic) bond motifs is 1. The number of nitrogens with zero attached hydrogens (tertiary/aromatic N) is 1. The lowest BCUT2D eigenvalue weighted by Crippen LogP contribution is -2.26. The third-order valence-corrected chi connectivity index (χ3v) is 3.71.